The Kier molecular flexibility index (Phi) is 4.74. The number of anilines is 1. The fraction of sp³-hybridized carbons (Fsp3) is 0.389. The summed E-state index contributed by atoms with van der Waals surface area (Å²) in [6.07, 6.45) is 1.89. The summed E-state index contributed by atoms with van der Waals surface area (Å²) < 4.78 is 7.07. The van der Waals surface area contributed by atoms with Gasteiger partial charge in [-0.15, -0.1) is 0 Å². The third-order valence-electron chi connectivity index (χ3n) is 4.49. The first-order chi connectivity index (χ1) is 12.0. The van der Waals surface area contributed by atoms with Crippen molar-refractivity contribution >= 4 is 17.5 Å². The van der Waals surface area contributed by atoms with Crippen LogP contribution in [0.15, 0.2) is 30.5 Å². The van der Waals surface area contributed by atoms with Crippen LogP contribution in [0.1, 0.15) is 17.7 Å². The van der Waals surface area contributed by atoms with E-state index in [2.05, 4.69) is 10.4 Å². The summed E-state index contributed by atoms with van der Waals surface area (Å²) in [5.41, 5.74) is 2.66. The highest BCUT2D eigenvalue weighted by Gasteiger charge is 2.36. The number of hydrogen-bond acceptors (Lipinski definition) is 4. The van der Waals surface area contributed by atoms with Gasteiger partial charge in [0.05, 0.1) is 31.0 Å². The Balaban J connectivity index is 1.69. The molecule has 1 aromatic heterocycles. The third kappa shape index (κ3) is 3.50. The zero-order valence-electron chi connectivity index (χ0n) is 14.7. The molecule has 0 bridgehead atoms. The fourth-order valence-electron chi connectivity index (χ4n) is 3.02. The summed E-state index contributed by atoms with van der Waals surface area (Å²) in [4.78, 5) is 26.5. The molecule has 1 aromatic carbocycles. The van der Waals surface area contributed by atoms with Gasteiger partial charge < -0.3 is 15.0 Å². The standard InChI is InChI=1S/C18H22N4O3/c1-12-4-5-16(25-3)15(8-12)22-11-13(9-17(22)23)18(24)19-10-14-6-7-20-21(14)2/h4-8,13H,9-11H2,1-3H3,(H,19,24)/t13-/m1/s1. The highest BCUT2D eigenvalue weighted by molar-refractivity contribution is 6.01. The number of aryl methyl sites for hydroxylation is 2. The molecule has 2 aromatic rings. The van der Waals surface area contributed by atoms with Gasteiger partial charge >= 0.3 is 0 Å². The molecule has 0 spiro atoms. The van der Waals surface area contributed by atoms with E-state index in [1.54, 1.807) is 22.9 Å². The summed E-state index contributed by atoms with van der Waals surface area (Å²) in [6, 6.07) is 7.53. The van der Waals surface area contributed by atoms with Crippen LogP contribution >= 0.6 is 0 Å². The maximum Gasteiger partial charge on any atom is 0.227 e. The van der Waals surface area contributed by atoms with Gasteiger partial charge in [-0.25, -0.2) is 0 Å². The summed E-state index contributed by atoms with van der Waals surface area (Å²) in [6.45, 7) is 2.71. The molecule has 0 unspecified atom stereocenters. The van der Waals surface area contributed by atoms with Gasteiger partial charge in [0, 0.05) is 26.2 Å². The average Bonchev–Trinajstić information content (AvgIpc) is 3.18. The predicted molar refractivity (Wildman–Crippen MR) is 93.2 cm³/mol. The molecule has 0 saturated carbocycles. The lowest BCUT2D eigenvalue weighted by Gasteiger charge is -2.20. The number of methoxy groups -OCH3 is 1. The summed E-state index contributed by atoms with van der Waals surface area (Å²) in [7, 11) is 3.40. The first kappa shape index (κ1) is 17.0. The molecule has 0 aliphatic carbocycles. The van der Waals surface area contributed by atoms with Crippen molar-refractivity contribution in [2.75, 3.05) is 18.6 Å². The zero-order valence-corrected chi connectivity index (χ0v) is 14.7. The van der Waals surface area contributed by atoms with Crippen LogP contribution < -0.4 is 15.0 Å². The van der Waals surface area contributed by atoms with Crippen molar-refractivity contribution in [3.05, 3.63) is 41.7 Å². The number of nitrogens with zero attached hydrogens (tertiary/aromatic N) is 3. The van der Waals surface area contributed by atoms with Crippen LogP contribution in [-0.2, 0) is 23.2 Å². The maximum atomic E-state index is 12.4. The van der Waals surface area contributed by atoms with Crippen LogP contribution in [0.5, 0.6) is 5.75 Å². The molecule has 2 amide bonds. The second-order valence-electron chi connectivity index (χ2n) is 6.24. The number of ether oxygens (including phenoxy) is 1. The van der Waals surface area contributed by atoms with Crippen molar-refractivity contribution in [1.82, 2.24) is 15.1 Å². The predicted octanol–water partition coefficient (Wildman–Crippen LogP) is 1.41. The minimum absolute atomic E-state index is 0.0652. The second kappa shape index (κ2) is 6.96. The van der Waals surface area contributed by atoms with E-state index < -0.39 is 0 Å². The van der Waals surface area contributed by atoms with E-state index in [9.17, 15) is 9.59 Å². The number of aromatic nitrogens is 2. The SMILES string of the molecule is COc1ccc(C)cc1N1C[C@H](C(=O)NCc2ccnn2C)CC1=O. The van der Waals surface area contributed by atoms with Gasteiger partial charge in [-0.2, -0.15) is 5.10 Å². The molecule has 7 heteroatoms. The summed E-state index contributed by atoms with van der Waals surface area (Å²) >= 11 is 0. The maximum absolute atomic E-state index is 12.4. The minimum atomic E-state index is -0.369. The summed E-state index contributed by atoms with van der Waals surface area (Å²) in [5.74, 6) is 0.0779. The van der Waals surface area contributed by atoms with Crippen molar-refractivity contribution in [3.63, 3.8) is 0 Å². The Morgan fingerprint density at radius 3 is 2.88 bits per heavy atom. The van der Waals surface area contributed by atoms with Crippen LogP contribution in [0.2, 0.25) is 0 Å². The molecule has 7 nitrogen and oxygen atoms in total. The molecule has 3 rings (SSSR count). The third-order valence-corrected chi connectivity index (χ3v) is 4.49. The Hall–Kier alpha value is -2.83. The topological polar surface area (TPSA) is 76.5 Å². The van der Waals surface area contributed by atoms with Crippen molar-refractivity contribution < 1.29 is 14.3 Å². The zero-order chi connectivity index (χ0) is 18.0. The smallest absolute Gasteiger partial charge is 0.227 e. The van der Waals surface area contributed by atoms with Crippen molar-refractivity contribution in [1.29, 1.82) is 0 Å². The molecule has 1 aliphatic heterocycles. The van der Waals surface area contributed by atoms with Gasteiger partial charge in [0.15, 0.2) is 0 Å². The number of carbonyl (C=O) groups is 2. The van der Waals surface area contributed by atoms with E-state index in [4.69, 9.17) is 4.74 Å². The van der Waals surface area contributed by atoms with Crippen molar-refractivity contribution in [2.24, 2.45) is 13.0 Å². The van der Waals surface area contributed by atoms with Gasteiger partial charge in [0.25, 0.3) is 0 Å². The second-order valence-corrected chi connectivity index (χ2v) is 6.24. The van der Waals surface area contributed by atoms with E-state index in [0.29, 0.717) is 18.8 Å². The first-order valence-electron chi connectivity index (χ1n) is 8.19. The molecule has 1 N–H and O–H groups in total. The Bertz CT molecular complexity index is 799. The van der Waals surface area contributed by atoms with E-state index in [0.717, 1.165) is 16.9 Å². The molecular formula is C18H22N4O3. The molecular weight excluding hydrogens is 320 g/mol. The Morgan fingerprint density at radius 2 is 2.20 bits per heavy atom. The van der Waals surface area contributed by atoms with E-state index in [1.807, 2.05) is 38.2 Å². The van der Waals surface area contributed by atoms with Crippen molar-refractivity contribution in [3.8, 4) is 5.75 Å². The number of rotatable bonds is 5. The molecule has 0 radical (unpaired) electrons. The lowest BCUT2D eigenvalue weighted by Crippen LogP contribution is -2.33. The highest BCUT2D eigenvalue weighted by atomic mass is 16.5. The monoisotopic (exact) mass is 342 g/mol. The number of nitrogens with one attached hydrogen (secondary N) is 1. The number of carbonyl (C=O) groups excluding carboxylic acids is 2. The fourth-order valence-corrected chi connectivity index (χ4v) is 3.02. The molecule has 1 fully saturated rings. The van der Waals surface area contributed by atoms with Crippen LogP contribution in [0.25, 0.3) is 0 Å². The van der Waals surface area contributed by atoms with Gasteiger partial charge in [0.1, 0.15) is 5.75 Å². The first-order valence-corrected chi connectivity index (χ1v) is 8.19. The van der Waals surface area contributed by atoms with Gasteiger partial charge in [-0.05, 0) is 30.7 Å². The van der Waals surface area contributed by atoms with Crippen LogP contribution in [0.3, 0.4) is 0 Å². The molecule has 1 atom stereocenters. The largest absolute Gasteiger partial charge is 0.495 e. The Labute approximate surface area is 146 Å². The quantitative estimate of drug-likeness (QED) is 0.891. The summed E-state index contributed by atoms with van der Waals surface area (Å²) in [5, 5.41) is 6.96. The average molecular weight is 342 g/mol. The molecule has 1 aliphatic rings. The normalized spacial score (nSPS) is 17.0. The van der Waals surface area contributed by atoms with Crippen LogP contribution in [-0.4, -0.2) is 35.2 Å². The lowest BCUT2D eigenvalue weighted by atomic mass is 10.1. The molecule has 1 saturated heterocycles. The molecule has 2 heterocycles. The number of hydrogen-bond donors (Lipinski definition) is 1. The number of benzene rings is 1. The van der Waals surface area contributed by atoms with Crippen LogP contribution in [0, 0.1) is 12.8 Å². The minimum Gasteiger partial charge on any atom is -0.495 e. The van der Waals surface area contributed by atoms with Gasteiger partial charge in [0.2, 0.25) is 11.8 Å². The number of amides is 2. The van der Waals surface area contributed by atoms with Crippen LogP contribution in [0.4, 0.5) is 5.69 Å². The molecule has 25 heavy (non-hydrogen) atoms. The highest BCUT2D eigenvalue weighted by Crippen LogP contribution is 2.33. The van der Waals surface area contributed by atoms with Gasteiger partial charge in [-0.3, -0.25) is 14.3 Å². The van der Waals surface area contributed by atoms with Gasteiger partial charge in [-0.1, -0.05) is 6.07 Å². The van der Waals surface area contributed by atoms with Crippen molar-refractivity contribution in [2.45, 2.75) is 19.9 Å². The Morgan fingerprint density at radius 1 is 1.40 bits per heavy atom. The molecule has 132 valence electrons. The van der Waals surface area contributed by atoms with E-state index >= 15 is 0 Å². The van der Waals surface area contributed by atoms with E-state index in [1.165, 1.54) is 0 Å². The van der Waals surface area contributed by atoms with E-state index in [-0.39, 0.29) is 24.2 Å². The lowest BCUT2D eigenvalue weighted by molar-refractivity contribution is -0.126.